The van der Waals surface area contributed by atoms with Crippen LogP contribution in [-0.2, 0) is 42.8 Å². The minimum Gasteiger partial charge on any atom is -0.496 e. The first-order valence-electron chi connectivity index (χ1n) is 20.9. The predicted octanol–water partition coefficient (Wildman–Crippen LogP) is 6.11. The maximum absolute atomic E-state index is 13.0. The van der Waals surface area contributed by atoms with Crippen LogP contribution >= 0.6 is 0 Å². The molecule has 0 bridgehead atoms. The summed E-state index contributed by atoms with van der Waals surface area (Å²) in [7, 11) is -6.63. The van der Waals surface area contributed by atoms with Gasteiger partial charge in [0.25, 0.3) is 10.2 Å². The van der Waals surface area contributed by atoms with Crippen molar-refractivity contribution in [3.63, 3.8) is 0 Å². The van der Waals surface area contributed by atoms with Crippen molar-refractivity contribution in [1.82, 2.24) is 29.3 Å². The number of nitrogen functional groups attached to an aromatic ring is 1. The molecule has 0 amide bonds. The van der Waals surface area contributed by atoms with Gasteiger partial charge in [0.2, 0.25) is 0 Å². The van der Waals surface area contributed by atoms with E-state index in [1.54, 1.807) is 81.6 Å². The Morgan fingerprint density at radius 1 is 0.614 bits per heavy atom. The van der Waals surface area contributed by atoms with Gasteiger partial charge in [0, 0.05) is 33.0 Å². The van der Waals surface area contributed by atoms with Crippen molar-refractivity contribution < 1.29 is 55.2 Å². The lowest BCUT2D eigenvalue weighted by atomic mass is 10.1. The summed E-state index contributed by atoms with van der Waals surface area (Å²) in [6.07, 6.45) is 1.65. The first-order chi connectivity index (χ1) is 33.5. The Morgan fingerprint density at radius 3 is 1.64 bits per heavy atom. The van der Waals surface area contributed by atoms with Gasteiger partial charge in [-0.1, -0.05) is 60.7 Å². The minimum absolute atomic E-state index is 0.0583. The molecule has 8 rings (SSSR count). The number of rotatable bonds is 16. The highest BCUT2D eigenvalue weighted by Crippen LogP contribution is 2.34. The number of hydrogen-bond donors (Lipinski definition) is 4. The number of anilines is 3. The summed E-state index contributed by atoms with van der Waals surface area (Å²) in [5.41, 5.74) is 10.7. The highest BCUT2D eigenvalue weighted by atomic mass is 32.2. The Balaban J connectivity index is 0.971. The highest BCUT2D eigenvalue weighted by molar-refractivity contribution is 8.05. The number of hydrogen-bond acceptors (Lipinski definition) is 16. The SMILES string of the molecule is COc1cc(C(=O)ONS(=O)(=O)C(=O)c2ccccc2C)ccc1Cn1ncc2cc(N)c(Nc3nn(Cc4ccc(C(=O)ONS(=O)(=O)C(=O)c5ccccc5C)cc4OC)c4ccccc34)cc21. The number of fused-ring (bicyclic) bond motifs is 2. The average Bonchev–Trinajstić information content (AvgIpc) is 3.91. The number of sulfonamides is 2. The molecule has 70 heavy (non-hydrogen) atoms. The lowest BCUT2D eigenvalue weighted by Gasteiger charge is -2.13. The molecule has 5 N–H and O–H groups in total. The van der Waals surface area contributed by atoms with E-state index in [0.29, 0.717) is 45.0 Å². The largest absolute Gasteiger partial charge is 0.496 e. The van der Waals surface area contributed by atoms with Crippen molar-refractivity contribution >= 4 is 81.2 Å². The Kier molecular flexibility index (Phi) is 13.5. The van der Waals surface area contributed by atoms with Crippen LogP contribution in [0.25, 0.3) is 21.8 Å². The highest BCUT2D eigenvalue weighted by Gasteiger charge is 2.29. The summed E-state index contributed by atoms with van der Waals surface area (Å²) in [4.78, 5) is 64.2. The minimum atomic E-state index is -4.72. The summed E-state index contributed by atoms with van der Waals surface area (Å²) in [5.74, 6) is -1.15. The Bertz CT molecular complexity index is 3630. The smallest absolute Gasteiger partial charge is 0.357 e. The lowest BCUT2D eigenvalue weighted by molar-refractivity contribution is 0.0399. The van der Waals surface area contributed by atoms with Crippen LogP contribution in [0.4, 0.5) is 17.2 Å². The van der Waals surface area contributed by atoms with Gasteiger partial charge in [-0.2, -0.15) is 10.2 Å². The number of nitrogens with zero attached hydrogens (tertiary/aromatic N) is 4. The van der Waals surface area contributed by atoms with Gasteiger partial charge in [-0.3, -0.25) is 19.0 Å². The number of aryl methyl sites for hydroxylation is 2. The summed E-state index contributed by atoms with van der Waals surface area (Å²) in [6.45, 7) is 3.50. The normalized spacial score (nSPS) is 11.6. The van der Waals surface area contributed by atoms with E-state index in [9.17, 15) is 36.0 Å². The van der Waals surface area contributed by atoms with E-state index in [-0.39, 0.29) is 46.8 Å². The summed E-state index contributed by atoms with van der Waals surface area (Å²) in [6, 6.07) is 32.0. The second-order valence-corrected chi connectivity index (χ2v) is 18.7. The van der Waals surface area contributed by atoms with Gasteiger partial charge >= 0.3 is 32.0 Å². The van der Waals surface area contributed by atoms with Gasteiger partial charge in [-0.25, -0.2) is 26.4 Å². The molecular formula is C48H42N8O12S2. The van der Waals surface area contributed by atoms with Gasteiger partial charge in [-0.05, 0) is 95.4 Å². The molecule has 0 saturated carbocycles. The molecule has 0 radical (unpaired) electrons. The molecule has 0 unspecified atom stereocenters. The molecule has 6 aromatic carbocycles. The third-order valence-corrected chi connectivity index (χ3v) is 13.1. The molecule has 2 aromatic heterocycles. The third-order valence-electron chi connectivity index (χ3n) is 11.1. The molecule has 2 heterocycles. The number of ether oxygens (including phenoxy) is 2. The van der Waals surface area contributed by atoms with Crippen molar-refractivity contribution in [1.29, 1.82) is 0 Å². The van der Waals surface area contributed by atoms with Gasteiger partial charge in [0.15, 0.2) is 5.82 Å². The fourth-order valence-corrected chi connectivity index (χ4v) is 9.00. The first kappa shape index (κ1) is 48.0. The second-order valence-electron chi connectivity index (χ2n) is 15.7. The third kappa shape index (κ3) is 9.91. The van der Waals surface area contributed by atoms with Crippen molar-refractivity contribution in [2.75, 3.05) is 25.3 Å². The second kappa shape index (κ2) is 19.7. The number of methoxy groups -OCH3 is 2. The number of carbonyl (C=O) groups excluding carboxylic acids is 4. The molecule has 0 atom stereocenters. The molecule has 0 spiro atoms. The molecule has 0 saturated heterocycles. The first-order valence-corrected chi connectivity index (χ1v) is 23.9. The van der Waals surface area contributed by atoms with Crippen LogP contribution in [-0.4, -0.2) is 72.8 Å². The van der Waals surface area contributed by atoms with Crippen LogP contribution in [0.15, 0.2) is 128 Å². The summed E-state index contributed by atoms with van der Waals surface area (Å²) >= 11 is 0. The molecule has 0 aliphatic rings. The van der Waals surface area contributed by atoms with Crippen molar-refractivity contribution in [2.24, 2.45) is 0 Å². The van der Waals surface area contributed by atoms with E-state index < -0.39 is 42.2 Å². The van der Waals surface area contributed by atoms with Crippen LogP contribution in [0.3, 0.4) is 0 Å². The molecule has 22 heteroatoms. The van der Waals surface area contributed by atoms with E-state index in [0.717, 1.165) is 16.3 Å². The monoisotopic (exact) mass is 986 g/mol. The number of para-hydroxylation sites is 1. The molecule has 0 aliphatic carbocycles. The van der Waals surface area contributed by atoms with E-state index in [1.807, 2.05) is 30.3 Å². The Labute approximate surface area is 399 Å². The van der Waals surface area contributed by atoms with Crippen LogP contribution < -0.4 is 30.3 Å². The topological polar surface area (TPSA) is 271 Å². The number of carbonyl (C=O) groups is 4. The fraction of sp³-hybridized carbons (Fsp3) is 0.125. The summed E-state index contributed by atoms with van der Waals surface area (Å²) in [5, 5.41) is 11.8. The van der Waals surface area contributed by atoms with Crippen molar-refractivity contribution in [2.45, 2.75) is 26.9 Å². The van der Waals surface area contributed by atoms with Gasteiger partial charge in [0.1, 0.15) is 11.5 Å². The van der Waals surface area contributed by atoms with Crippen molar-refractivity contribution in [3.05, 3.63) is 172 Å². The Hall–Kier alpha value is -8.44. The number of benzene rings is 6. The fourth-order valence-electron chi connectivity index (χ4n) is 7.45. The number of aromatic nitrogens is 4. The quantitative estimate of drug-likeness (QED) is 0.0628. The molecular weight excluding hydrogens is 945 g/mol. The molecule has 8 aromatic rings. The van der Waals surface area contributed by atoms with Crippen LogP contribution in [0.5, 0.6) is 11.5 Å². The zero-order valence-corrected chi connectivity index (χ0v) is 39.3. The molecule has 358 valence electrons. The molecule has 0 fully saturated rings. The van der Waals surface area contributed by atoms with E-state index in [2.05, 4.69) is 10.4 Å². The van der Waals surface area contributed by atoms with Gasteiger partial charge in [-0.15, -0.1) is 0 Å². The van der Waals surface area contributed by atoms with E-state index in [1.165, 1.54) is 62.8 Å². The lowest BCUT2D eigenvalue weighted by Crippen LogP contribution is -2.33. The van der Waals surface area contributed by atoms with Gasteiger partial charge in [0.05, 0.1) is 67.0 Å². The Morgan fingerprint density at radius 2 is 1.11 bits per heavy atom. The van der Waals surface area contributed by atoms with E-state index in [4.69, 9.17) is 30.0 Å². The number of nitrogens with two attached hydrogens (primary N) is 1. The zero-order valence-electron chi connectivity index (χ0n) is 37.6. The van der Waals surface area contributed by atoms with Crippen LogP contribution in [0.2, 0.25) is 0 Å². The number of nitrogens with one attached hydrogen (secondary N) is 3. The van der Waals surface area contributed by atoms with Crippen LogP contribution in [0.1, 0.15) is 63.7 Å². The molecule has 20 nitrogen and oxygen atoms in total. The zero-order chi connectivity index (χ0) is 49.9. The molecule has 0 aliphatic heterocycles. The maximum Gasteiger partial charge on any atom is 0.357 e. The maximum atomic E-state index is 13.0. The predicted molar refractivity (Wildman–Crippen MR) is 257 cm³/mol. The van der Waals surface area contributed by atoms with Gasteiger partial charge < -0.3 is 30.2 Å². The van der Waals surface area contributed by atoms with Crippen molar-refractivity contribution in [3.8, 4) is 11.5 Å². The average molecular weight is 987 g/mol. The van der Waals surface area contributed by atoms with E-state index >= 15 is 0 Å². The standard InChI is InChI=1S/C48H42N8O12S2/c1-28-11-5-7-13-35(28)47(59)69(61,62)53-67-45(57)30-17-19-32(42(22-30)65-3)26-55-41-24-39(38(49)21-34(41)25-50-55)51-44-37-15-9-10-16-40(37)56(52-44)27-33-20-18-31(23-43(33)66-4)46(58)68-54-70(63,64)48(60)36-14-8-6-12-29(36)2/h5-25,53-54H,26-27,49H2,1-4H3,(H,51,52). The summed E-state index contributed by atoms with van der Waals surface area (Å²) < 4.78 is 65.3. The van der Waals surface area contributed by atoms with Crippen LogP contribution in [0, 0.1) is 13.8 Å².